The maximum atomic E-state index is 13.3. The van der Waals surface area contributed by atoms with Crippen LogP contribution in [0, 0.1) is 24.7 Å². The molecule has 0 saturated heterocycles. The Hall–Kier alpha value is -2.29. The number of hydrogen-bond donors (Lipinski definition) is 0. The fraction of sp³-hybridized carbons (Fsp3) is 0.581. The molecule has 3 rings (SSSR count). The van der Waals surface area contributed by atoms with Gasteiger partial charge in [0.15, 0.2) is 5.78 Å². The Morgan fingerprint density at radius 1 is 1.12 bits per heavy atom. The van der Waals surface area contributed by atoms with Gasteiger partial charge >= 0.3 is 0 Å². The lowest BCUT2D eigenvalue weighted by atomic mass is 9.71. The molecule has 0 aromatic heterocycles. The molecule has 3 heteroatoms. The van der Waals surface area contributed by atoms with E-state index in [9.17, 15) is 14.4 Å². The Bertz CT molecular complexity index is 994. The quantitative estimate of drug-likeness (QED) is 0.306. The van der Waals surface area contributed by atoms with Gasteiger partial charge in [-0.05, 0) is 80.9 Å². The molecular formula is C31H42O3. The van der Waals surface area contributed by atoms with E-state index >= 15 is 0 Å². The molecule has 0 amide bonds. The maximum Gasteiger partial charge on any atom is 0.163 e. The van der Waals surface area contributed by atoms with Crippen LogP contribution >= 0.6 is 0 Å². The molecule has 0 bridgehead atoms. The van der Waals surface area contributed by atoms with Gasteiger partial charge < -0.3 is 0 Å². The van der Waals surface area contributed by atoms with E-state index in [4.69, 9.17) is 0 Å². The Balaban J connectivity index is 1.75. The van der Waals surface area contributed by atoms with Gasteiger partial charge in [-0.2, -0.15) is 0 Å². The van der Waals surface area contributed by atoms with E-state index in [1.54, 1.807) is 0 Å². The Morgan fingerprint density at radius 3 is 2.50 bits per heavy atom. The van der Waals surface area contributed by atoms with Crippen LogP contribution in [0.15, 0.2) is 35.4 Å². The van der Waals surface area contributed by atoms with E-state index in [0.29, 0.717) is 6.42 Å². The third-order valence-corrected chi connectivity index (χ3v) is 7.91. The number of fused-ring (bicyclic) bond motifs is 1. The van der Waals surface area contributed by atoms with Crippen molar-refractivity contribution in [2.75, 3.05) is 0 Å². The normalized spacial score (nSPS) is 19.3. The third kappa shape index (κ3) is 6.23. The maximum absolute atomic E-state index is 13.3. The number of ketones is 3. The molecule has 0 radical (unpaired) electrons. The first kappa shape index (κ1) is 26.3. The van der Waals surface area contributed by atoms with Gasteiger partial charge in [-0.1, -0.05) is 69.0 Å². The first-order valence-corrected chi connectivity index (χ1v) is 13.3. The average Bonchev–Trinajstić information content (AvgIpc) is 3.23. The molecule has 0 heterocycles. The van der Waals surface area contributed by atoms with Gasteiger partial charge in [0.25, 0.3) is 0 Å². The van der Waals surface area contributed by atoms with Crippen molar-refractivity contribution >= 4 is 17.3 Å². The largest absolute Gasteiger partial charge is 0.300 e. The number of allylic oxidation sites excluding steroid dienone is 4. The van der Waals surface area contributed by atoms with Gasteiger partial charge in [-0.15, -0.1) is 0 Å². The average molecular weight is 463 g/mol. The molecular weight excluding hydrogens is 420 g/mol. The highest BCUT2D eigenvalue weighted by Gasteiger charge is 2.33. The first-order valence-electron chi connectivity index (χ1n) is 13.3. The second-order valence-electron chi connectivity index (χ2n) is 10.5. The van der Waals surface area contributed by atoms with Crippen molar-refractivity contribution in [2.45, 2.75) is 98.8 Å². The molecule has 0 spiro atoms. The molecule has 3 unspecified atom stereocenters. The highest BCUT2D eigenvalue weighted by atomic mass is 16.1. The Kier molecular flexibility index (Phi) is 9.22. The zero-order valence-electron chi connectivity index (χ0n) is 21.8. The van der Waals surface area contributed by atoms with Crippen molar-refractivity contribution in [3.8, 4) is 0 Å². The number of hydrogen-bond acceptors (Lipinski definition) is 3. The summed E-state index contributed by atoms with van der Waals surface area (Å²) in [7, 11) is 0. The zero-order valence-corrected chi connectivity index (χ0v) is 21.8. The van der Waals surface area contributed by atoms with Crippen molar-refractivity contribution in [1.82, 2.24) is 0 Å². The molecule has 0 aliphatic heterocycles. The van der Waals surface area contributed by atoms with E-state index < -0.39 is 0 Å². The van der Waals surface area contributed by atoms with Crippen LogP contribution in [-0.4, -0.2) is 17.3 Å². The Labute approximate surface area is 206 Å². The Morgan fingerprint density at radius 2 is 1.88 bits per heavy atom. The topological polar surface area (TPSA) is 51.2 Å². The van der Waals surface area contributed by atoms with Gasteiger partial charge in [-0.25, -0.2) is 0 Å². The summed E-state index contributed by atoms with van der Waals surface area (Å²) >= 11 is 0. The van der Waals surface area contributed by atoms with Crippen LogP contribution in [0.3, 0.4) is 0 Å². The lowest BCUT2D eigenvalue weighted by Crippen LogP contribution is -2.30. The van der Waals surface area contributed by atoms with E-state index in [-0.39, 0.29) is 41.5 Å². The summed E-state index contributed by atoms with van der Waals surface area (Å²) in [6.07, 6.45) is 12.8. The van der Waals surface area contributed by atoms with E-state index in [2.05, 4.69) is 52.0 Å². The predicted octanol–water partition coefficient (Wildman–Crippen LogP) is 7.33. The molecule has 3 atom stereocenters. The molecule has 0 saturated carbocycles. The predicted molar refractivity (Wildman–Crippen MR) is 139 cm³/mol. The molecule has 34 heavy (non-hydrogen) atoms. The lowest BCUT2D eigenvalue weighted by Gasteiger charge is -2.32. The fourth-order valence-electron chi connectivity index (χ4n) is 6.21. The second kappa shape index (κ2) is 11.9. The lowest BCUT2D eigenvalue weighted by molar-refractivity contribution is -0.129. The minimum absolute atomic E-state index is 0.0405. The number of rotatable bonds is 12. The minimum atomic E-state index is -0.0780. The van der Waals surface area contributed by atoms with Crippen LogP contribution < -0.4 is 0 Å². The van der Waals surface area contributed by atoms with Gasteiger partial charge in [0.1, 0.15) is 11.6 Å². The van der Waals surface area contributed by atoms with Gasteiger partial charge in [0.05, 0.1) is 6.42 Å². The standard InChI is InChI=1S/C31H42O3/c1-6-9-26(28(8-3)29(33)14-20(4)32)17-24-18-27-13-12-25(21(5)31(27)30(34)19-24)16-23-11-10-22(7-2)15-23/h10,12-13,15,24,26,28H,6-9,11,14,16-19H2,1-5H3. The molecule has 0 N–H and O–H groups in total. The van der Waals surface area contributed by atoms with Crippen LogP contribution in [0.25, 0.3) is 0 Å². The monoisotopic (exact) mass is 462 g/mol. The highest BCUT2D eigenvalue weighted by Crippen LogP contribution is 2.37. The first-order chi connectivity index (χ1) is 16.3. The molecule has 3 nitrogen and oxygen atoms in total. The molecule has 2 aliphatic rings. The van der Waals surface area contributed by atoms with E-state index in [1.807, 2.05) is 0 Å². The summed E-state index contributed by atoms with van der Waals surface area (Å²) < 4.78 is 0. The van der Waals surface area contributed by atoms with Crippen molar-refractivity contribution in [3.63, 3.8) is 0 Å². The fourth-order valence-corrected chi connectivity index (χ4v) is 6.21. The number of carbonyl (C=O) groups excluding carboxylic acids is 3. The molecule has 2 aliphatic carbocycles. The van der Waals surface area contributed by atoms with Crippen LogP contribution in [0.2, 0.25) is 0 Å². The summed E-state index contributed by atoms with van der Waals surface area (Å²) in [5.41, 5.74) is 7.39. The van der Waals surface area contributed by atoms with Crippen molar-refractivity contribution in [2.24, 2.45) is 17.8 Å². The second-order valence-corrected chi connectivity index (χ2v) is 10.5. The minimum Gasteiger partial charge on any atom is -0.300 e. The van der Waals surface area contributed by atoms with Crippen LogP contribution in [0.1, 0.15) is 106 Å². The zero-order chi connectivity index (χ0) is 24.8. The highest BCUT2D eigenvalue weighted by molar-refractivity contribution is 6.00. The summed E-state index contributed by atoms with van der Waals surface area (Å²) in [6.45, 7) is 10.0. The summed E-state index contributed by atoms with van der Waals surface area (Å²) in [4.78, 5) is 37.7. The number of benzene rings is 1. The third-order valence-electron chi connectivity index (χ3n) is 7.91. The summed E-state index contributed by atoms with van der Waals surface area (Å²) in [6, 6.07) is 4.40. The molecule has 1 aromatic carbocycles. The van der Waals surface area contributed by atoms with Gasteiger partial charge in [0.2, 0.25) is 0 Å². The van der Waals surface area contributed by atoms with Crippen molar-refractivity contribution in [3.05, 3.63) is 57.7 Å². The SMILES string of the molecule is CCCC(CC1CC(=O)c2c(ccc(CC3=CC(CC)=CC3)c2C)C1)C(CC)C(=O)CC(C)=O. The van der Waals surface area contributed by atoms with Crippen molar-refractivity contribution < 1.29 is 14.4 Å². The number of Topliss-reactive ketones (excluding diaryl/α,β-unsaturated/α-hetero) is 3. The summed E-state index contributed by atoms with van der Waals surface area (Å²) in [5, 5.41) is 0. The van der Waals surface area contributed by atoms with Crippen LogP contribution in [0.4, 0.5) is 0 Å². The molecule has 184 valence electrons. The van der Waals surface area contributed by atoms with Crippen molar-refractivity contribution in [1.29, 1.82) is 0 Å². The van der Waals surface area contributed by atoms with Gasteiger partial charge in [0, 0.05) is 17.9 Å². The molecule has 0 fully saturated rings. The van der Waals surface area contributed by atoms with Gasteiger partial charge in [-0.3, -0.25) is 14.4 Å². The summed E-state index contributed by atoms with van der Waals surface area (Å²) in [5.74, 6) is 0.730. The van der Waals surface area contributed by atoms with Crippen LogP contribution in [0.5, 0.6) is 0 Å². The number of carbonyl (C=O) groups is 3. The smallest absolute Gasteiger partial charge is 0.163 e. The van der Waals surface area contributed by atoms with E-state index in [0.717, 1.165) is 62.5 Å². The van der Waals surface area contributed by atoms with E-state index in [1.165, 1.54) is 29.2 Å². The van der Waals surface area contributed by atoms with Crippen LogP contribution in [-0.2, 0) is 22.4 Å². The molecule has 1 aromatic rings.